The molecule has 0 spiro atoms. The Balaban J connectivity index is 0.00000149. The molecule has 0 heterocycles. The molecule has 1 aromatic rings. The lowest BCUT2D eigenvalue weighted by atomic mass is 10.2. The summed E-state index contributed by atoms with van der Waals surface area (Å²) in [6.45, 7) is 6.83. The molecule has 0 N–H and O–H groups in total. The SMILES string of the molecule is COCCN(Cc1ccccc1Cl)C(=O)OC(C)(C)C.O=C=O. The Hall–Kier alpha value is -1.88. The average Bonchev–Trinajstić information content (AvgIpc) is 2.44. The Kier molecular flexibility index (Phi) is 9.90. The normalized spacial score (nSPS) is 10.1. The maximum atomic E-state index is 12.2. The van der Waals surface area contributed by atoms with Gasteiger partial charge in [0.1, 0.15) is 5.60 Å². The average molecular weight is 344 g/mol. The molecule has 0 aromatic heterocycles. The predicted molar refractivity (Wildman–Crippen MR) is 85.0 cm³/mol. The van der Waals surface area contributed by atoms with E-state index in [0.29, 0.717) is 24.7 Å². The van der Waals surface area contributed by atoms with Crippen molar-refractivity contribution in [2.75, 3.05) is 20.3 Å². The van der Waals surface area contributed by atoms with Gasteiger partial charge in [-0.05, 0) is 32.4 Å². The van der Waals surface area contributed by atoms with Crippen molar-refractivity contribution in [1.82, 2.24) is 4.90 Å². The molecular formula is C16H22ClNO5. The highest BCUT2D eigenvalue weighted by Gasteiger charge is 2.22. The van der Waals surface area contributed by atoms with Gasteiger partial charge in [0.2, 0.25) is 0 Å². The van der Waals surface area contributed by atoms with Crippen molar-refractivity contribution in [3.8, 4) is 0 Å². The number of amides is 1. The van der Waals surface area contributed by atoms with Gasteiger partial charge >= 0.3 is 12.2 Å². The quantitative estimate of drug-likeness (QED) is 0.821. The molecule has 0 aliphatic rings. The van der Waals surface area contributed by atoms with Crippen LogP contribution in [0.3, 0.4) is 0 Å². The second-order valence-electron chi connectivity index (χ2n) is 5.57. The highest BCUT2D eigenvalue weighted by molar-refractivity contribution is 6.31. The number of rotatable bonds is 5. The zero-order valence-electron chi connectivity index (χ0n) is 13.8. The van der Waals surface area contributed by atoms with E-state index in [0.717, 1.165) is 5.56 Å². The Bertz CT molecular complexity index is 521. The van der Waals surface area contributed by atoms with E-state index < -0.39 is 5.60 Å². The number of nitrogens with zero attached hydrogens (tertiary/aromatic N) is 1. The van der Waals surface area contributed by atoms with Crippen LogP contribution in [0.2, 0.25) is 5.02 Å². The van der Waals surface area contributed by atoms with E-state index in [9.17, 15) is 4.79 Å². The summed E-state index contributed by atoms with van der Waals surface area (Å²) < 4.78 is 10.4. The molecule has 0 fully saturated rings. The van der Waals surface area contributed by atoms with Crippen LogP contribution in [-0.2, 0) is 25.6 Å². The Labute approximate surface area is 141 Å². The number of methoxy groups -OCH3 is 1. The summed E-state index contributed by atoms with van der Waals surface area (Å²) in [5.41, 5.74) is 0.360. The van der Waals surface area contributed by atoms with E-state index in [-0.39, 0.29) is 12.2 Å². The number of hydrogen-bond acceptors (Lipinski definition) is 5. The van der Waals surface area contributed by atoms with Gasteiger partial charge in [0, 0.05) is 18.7 Å². The summed E-state index contributed by atoms with van der Waals surface area (Å²) in [5, 5.41) is 0.637. The minimum Gasteiger partial charge on any atom is -0.444 e. The van der Waals surface area contributed by atoms with Crippen molar-refractivity contribution < 1.29 is 23.9 Å². The first-order chi connectivity index (χ1) is 10.7. The van der Waals surface area contributed by atoms with E-state index >= 15 is 0 Å². The molecule has 0 saturated heterocycles. The van der Waals surface area contributed by atoms with E-state index in [1.165, 1.54) is 0 Å². The molecule has 6 nitrogen and oxygen atoms in total. The summed E-state index contributed by atoms with van der Waals surface area (Å²) in [4.78, 5) is 30.0. The summed E-state index contributed by atoms with van der Waals surface area (Å²) in [5.74, 6) is 0. The number of halogens is 1. The van der Waals surface area contributed by atoms with Crippen LogP contribution in [0.4, 0.5) is 4.79 Å². The minimum atomic E-state index is -0.525. The van der Waals surface area contributed by atoms with Gasteiger partial charge in [-0.25, -0.2) is 4.79 Å². The van der Waals surface area contributed by atoms with E-state index in [2.05, 4.69) is 0 Å². The van der Waals surface area contributed by atoms with Crippen molar-refractivity contribution in [2.24, 2.45) is 0 Å². The van der Waals surface area contributed by atoms with Crippen LogP contribution in [0.15, 0.2) is 24.3 Å². The fourth-order valence-electron chi connectivity index (χ4n) is 1.60. The Morgan fingerprint density at radius 3 is 2.30 bits per heavy atom. The molecule has 0 aliphatic carbocycles. The third kappa shape index (κ3) is 9.68. The van der Waals surface area contributed by atoms with E-state index in [1.807, 2.05) is 39.0 Å². The number of carbonyl (C=O) groups excluding carboxylic acids is 3. The first kappa shape index (κ1) is 21.1. The molecule has 0 saturated carbocycles. The number of carbonyl (C=O) groups is 1. The summed E-state index contributed by atoms with van der Waals surface area (Å²) in [6.07, 6.45) is -0.116. The third-order valence-electron chi connectivity index (χ3n) is 2.54. The van der Waals surface area contributed by atoms with Crippen LogP contribution >= 0.6 is 11.6 Å². The number of hydrogen-bond donors (Lipinski definition) is 0. The zero-order chi connectivity index (χ0) is 17.9. The molecule has 1 amide bonds. The topological polar surface area (TPSA) is 72.9 Å². The number of ether oxygens (including phenoxy) is 2. The van der Waals surface area contributed by atoms with Gasteiger partial charge in [-0.3, -0.25) is 0 Å². The molecule has 0 radical (unpaired) electrons. The van der Waals surface area contributed by atoms with Crippen LogP contribution in [0.1, 0.15) is 26.3 Å². The molecule has 0 aliphatic heterocycles. The monoisotopic (exact) mass is 343 g/mol. The Morgan fingerprint density at radius 1 is 1.26 bits per heavy atom. The van der Waals surface area contributed by atoms with Crippen molar-refractivity contribution >= 4 is 23.8 Å². The number of benzene rings is 1. The first-order valence-electron chi connectivity index (χ1n) is 6.94. The largest absolute Gasteiger partial charge is 0.444 e. The van der Waals surface area contributed by atoms with Crippen molar-refractivity contribution in [2.45, 2.75) is 32.9 Å². The summed E-state index contributed by atoms with van der Waals surface area (Å²) >= 11 is 6.13. The standard InChI is InChI=1S/C15H22ClNO3.CO2/c1-15(2,3)20-14(18)17(9-10-19-4)11-12-7-5-6-8-13(12)16;2-1-3/h5-8H,9-11H2,1-4H3;. The second-order valence-corrected chi connectivity index (χ2v) is 5.98. The zero-order valence-corrected chi connectivity index (χ0v) is 14.6. The second kappa shape index (κ2) is 10.8. The lowest BCUT2D eigenvalue weighted by molar-refractivity contribution is -0.191. The molecule has 7 heteroatoms. The van der Waals surface area contributed by atoms with Gasteiger partial charge in [0.25, 0.3) is 0 Å². The van der Waals surface area contributed by atoms with E-state index in [1.54, 1.807) is 18.1 Å². The maximum Gasteiger partial charge on any atom is 0.410 e. The molecule has 0 unspecified atom stereocenters. The molecule has 1 rings (SSSR count). The third-order valence-corrected chi connectivity index (χ3v) is 2.90. The van der Waals surface area contributed by atoms with Crippen LogP contribution in [0.5, 0.6) is 0 Å². The Morgan fingerprint density at radius 2 is 1.83 bits per heavy atom. The highest BCUT2D eigenvalue weighted by Crippen LogP contribution is 2.18. The molecule has 0 bridgehead atoms. The summed E-state index contributed by atoms with van der Waals surface area (Å²) in [7, 11) is 1.60. The maximum absolute atomic E-state index is 12.2. The van der Waals surface area contributed by atoms with Gasteiger partial charge in [-0.15, -0.1) is 0 Å². The smallest absolute Gasteiger partial charge is 0.410 e. The fourth-order valence-corrected chi connectivity index (χ4v) is 1.79. The lowest BCUT2D eigenvalue weighted by Crippen LogP contribution is -2.38. The van der Waals surface area contributed by atoms with Crippen molar-refractivity contribution in [1.29, 1.82) is 0 Å². The molecule has 23 heavy (non-hydrogen) atoms. The van der Waals surface area contributed by atoms with Crippen LogP contribution < -0.4 is 0 Å². The minimum absolute atomic E-state index is 0.250. The summed E-state index contributed by atoms with van der Waals surface area (Å²) in [6, 6.07) is 7.45. The fraction of sp³-hybridized carbons (Fsp3) is 0.500. The van der Waals surface area contributed by atoms with Gasteiger partial charge in [-0.1, -0.05) is 29.8 Å². The van der Waals surface area contributed by atoms with Gasteiger partial charge < -0.3 is 14.4 Å². The lowest BCUT2D eigenvalue weighted by Gasteiger charge is -2.27. The highest BCUT2D eigenvalue weighted by atomic mass is 35.5. The van der Waals surface area contributed by atoms with Gasteiger partial charge in [0.15, 0.2) is 0 Å². The van der Waals surface area contributed by atoms with Crippen molar-refractivity contribution in [3.05, 3.63) is 34.9 Å². The van der Waals surface area contributed by atoms with Crippen LogP contribution in [0, 0.1) is 0 Å². The molecule has 0 atom stereocenters. The van der Waals surface area contributed by atoms with Crippen molar-refractivity contribution in [3.63, 3.8) is 0 Å². The van der Waals surface area contributed by atoms with Gasteiger partial charge in [-0.2, -0.15) is 9.59 Å². The van der Waals surface area contributed by atoms with Crippen LogP contribution in [-0.4, -0.2) is 43.0 Å². The predicted octanol–water partition coefficient (Wildman–Crippen LogP) is 3.14. The molecule has 128 valence electrons. The first-order valence-corrected chi connectivity index (χ1v) is 7.32. The molecule has 1 aromatic carbocycles. The van der Waals surface area contributed by atoms with Gasteiger partial charge in [0.05, 0.1) is 13.2 Å². The molecular weight excluding hydrogens is 322 g/mol. The van der Waals surface area contributed by atoms with E-state index in [4.69, 9.17) is 30.7 Å². The van der Waals surface area contributed by atoms with Crippen LogP contribution in [0.25, 0.3) is 0 Å².